The smallest absolute Gasteiger partial charge is 0.278 e. The third-order valence-corrected chi connectivity index (χ3v) is 6.73. The number of pyridine rings is 1. The molecule has 7 rings (SSSR count). The van der Waals surface area contributed by atoms with E-state index < -0.39 is 0 Å². The van der Waals surface area contributed by atoms with Gasteiger partial charge in [0.1, 0.15) is 11.5 Å². The van der Waals surface area contributed by atoms with Crippen LogP contribution in [0.2, 0.25) is 0 Å². The molecule has 11 heteroatoms. The number of nitrogens with one attached hydrogen (secondary N) is 1. The minimum absolute atomic E-state index is 0.133. The Labute approximate surface area is 201 Å². The highest BCUT2D eigenvalue weighted by Gasteiger charge is 2.35. The molecule has 3 fully saturated rings. The van der Waals surface area contributed by atoms with E-state index in [1.165, 1.54) is 6.20 Å². The van der Waals surface area contributed by atoms with Crippen LogP contribution >= 0.6 is 0 Å². The molecule has 3 saturated heterocycles. The third kappa shape index (κ3) is 3.97. The first kappa shape index (κ1) is 21.5. The molecular formula is C24H27N9O2. The monoisotopic (exact) mass is 473 g/mol. The number of hydrogen-bond acceptors (Lipinski definition) is 8. The average Bonchev–Trinajstić information content (AvgIpc) is 3.40. The summed E-state index contributed by atoms with van der Waals surface area (Å²) in [5.41, 5.74) is 0.229. The molecule has 2 bridgehead atoms. The summed E-state index contributed by atoms with van der Waals surface area (Å²) in [5, 5.41) is 7.79. The third-order valence-electron chi connectivity index (χ3n) is 6.73. The topological polar surface area (TPSA) is 108 Å². The Bertz CT molecular complexity index is 1440. The Morgan fingerprint density at radius 1 is 1.23 bits per heavy atom. The molecule has 0 unspecified atom stereocenters. The molecule has 3 aliphatic heterocycles. The van der Waals surface area contributed by atoms with E-state index in [1.54, 1.807) is 20.1 Å². The minimum atomic E-state index is -0.213. The summed E-state index contributed by atoms with van der Waals surface area (Å²) < 4.78 is 11.3. The molecular weight excluding hydrogens is 446 g/mol. The van der Waals surface area contributed by atoms with Gasteiger partial charge < -0.3 is 10.1 Å². The van der Waals surface area contributed by atoms with Gasteiger partial charge in [-0.3, -0.25) is 14.4 Å². The maximum atomic E-state index is 13.2. The normalized spacial score (nSPS) is 21.3. The quantitative estimate of drug-likeness (QED) is 0.407. The van der Waals surface area contributed by atoms with Crippen molar-refractivity contribution in [3.8, 4) is 11.7 Å². The van der Waals surface area contributed by atoms with Gasteiger partial charge in [0, 0.05) is 38.1 Å². The number of piperidine rings is 3. The first-order valence-electron chi connectivity index (χ1n) is 11.8. The van der Waals surface area contributed by atoms with Crippen molar-refractivity contribution in [3.05, 3.63) is 59.7 Å². The largest absolute Gasteiger partial charge is 0.473 e. The van der Waals surface area contributed by atoms with E-state index >= 15 is 0 Å². The molecule has 0 saturated carbocycles. The average molecular weight is 474 g/mol. The van der Waals surface area contributed by atoms with Crippen LogP contribution in [-0.2, 0) is 13.6 Å². The van der Waals surface area contributed by atoms with E-state index in [-0.39, 0.29) is 11.7 Å². The van der Waals surface area contributed by atoms with Gasteiger partial charge in [-0.05, 0) is 37.9 Å². The lowest BCUT2D eigenvalue weighted by Gasteiger charge is -2.44. The van der Waals surface area contributed by atoms with Crippen molar-refractivity contribution >= 4 is 22.8 Å². The van der Waals surface area contributed by atoms with Crippen molar-refractivity contribution in [2.45, 2.75) is 25.5 Å². The highest BCUT2D eigenvalue weighted by atomic mass is 16.5. The molecule has 0 amide bonds. The van der Waals surface area contributed by atoms with Crippen molar-refractivity contribution in [2.75, 3.05) is 25.0 Å². The van der Waals surface area contributed by atoms with Crippen molar-refractivity contribution in [3.63, 3.8) is 0 Å². The van der Waals surface area contributed by atoms with Gasteiger partial charge in [0.2, 0.25) is 11.8 Å². The number of aryl methyl sites for hydroxylation is 1. The second kappa shape index (κ2) is 8.66. The van der Waals surface area contributed by atoms with E-state index in [1.807, 2.05) is 37.5 Å². The summed E-state index contributed by atoms with van der Waals surface area (Å²) in [6, 6.07) is 7.42. The molecule has 4 aromatic rings. The predicted molar refractivity (Wildman–Crippen MR) is 131 cm³/mol. The molecule has 35 heavy (non-hydrogen) atoms. The molecule has 180 valence electrons. The Kier molecular flexibility index (Phi) is 5.33. The number of aromatic nitrogens is 7. The minimum Gasteiger partial charge on any atom is -0.473 e. The number of fused-ring (bicyclic) bond motifs is 4. The molecule has 3 aliphatic rings. The highest BCUT2D eigenvalue weighted by molar-refractivity contribution is 5.76. The van der Waals surface area contributed by atoms with Gasteiger partial charge in [-0.15, -0.1) is 6.58 Å². The van der Waals surface area contributed by atoms with Crippen LogP contribution in [0.25, 0.3) is 16.9 Å². The maximum Gasteiger partial charge on any atom is 0.278 e. The number of allylic oxidation sites excluding steroid dienone is 1. The van der Waals surface area contributed by atoms with Crippen LogP contribution in [0, 0.1) is 5.92 Å². The van der Waals surface area contributed by atoms with Crippen molar-refractivity contribution in [1.82, 2.24) is 39.0 Å². The van der Waals surface area contributed by atoms with E-state index in [0.29, 0.717) is 47.0 Å². The van der Waals surface area contributed by atoms with Crippen LogP contribution in [0.5, 0.6) is 5.88 Å². The van der Waals surface area contributed by atoms with Gasteiger partial charge in [-0.2, -0.15) is 15.1 Å². The fourth-order valence-corrected chi connectivity index (χ4v) is 4.99. The first-order valence-corrected chi connectivity index (χ1v) is 11.8. The summed E-state index contributed by atoms with van der Waals surface area (Å²) in [5.74, 6) is 2.59. The van der Waals surface area contributed by atoms with Gasteiger partial charge in [-0.1, -0.05) is 12.1 Å². The van der Waals surface area contributed by atoms with Crippen LogP contribution < -0.4 is 15.6 Å². The Morgan fingerprint density at radius 2 is 2.09 bits per heavy atom. The maximum absolute atomic E-state index is 13.2. The molecule has 11 nitrogen and oxygen atoms in total. The molecule has 0 radical (unpaired) electrons. The van der Waals surface area contributed by atoms with Gasteiger partial charge in [-0.25, -0.2) is 14.3 Å². The van der Waals surface area contributed by atoms with E-state index in [9.17, 15) is 4.79 Å². The lowest BCUT2D eigenvalue weighted by atomic mass is 9.86. The van der Waals surface area contributed by atoms with Crippen LogP contribution in [0.4, 0.5) is 11.8 Å². The van der Waals surface area contributed by atoms with E-state index in [2.05, 4.69) is 31.9 Å². The van der Waals surface area contributed by atoms with Crippen molar-refractivity contribution in [1.29, 1.82) is 0 Å². The van der Waals surface area contributed by atoms with E-state index in [4.69, 9.17) is 9.72 Å². The zero-order valence-corrected chi connectivity index (χ0v) is 19.5. The summed E-state index contributed by atoms with van der Waals surface area (Å²) >= 11 is 0. The van der Waals surface area contributed by atoms with Gasteiger partial charge in [0.25, 0.3) is 5.56 Å². The van der Waals surface area contributed by atoms with Crippen LogP contribution in [0.1, 0.15) is 12.8 Å². The molecule has 1 N–H and O–H groups in total. The number of nitrogens with zero attached hydrogens (tertiary/aromatic N) is 8. The SMILES string of the molecule is C=CCn1c(=O)c2cnc(Nc3ccn(C)n3)nc2n1-c1cccc(O[C@@H]2CN3CCC2CC3)n1. The predicted octanol–water partition coefficient (Wildman–Crippen LogP) is 2.11. The zero-order valence-electron chi connectivity index (χ0n) is 19.5. The summed E-state index contributed by atoms with van der Waals surface area (Å²) in [4.78, 5) is 29.4. The Morgan fingerprint density at radius 3 is 2.80 bits per heavy atom. The van der Waals surface area contributed by atoms with E-state index in [0.717, 1.165) is 32.5 Å². The first-order chi connectivity index (χ1) is 17.1. The molecule has 7 heterocycles. The summed E-state index contributed by atoms with van der Waals surface area (Å²) in [6.07, 6.45) is 7.48. The second-order valence-electron chi connectivity index (χ2n) is 9.05. The van der Waals surface area contributed by atoms with Gasteiger partial charge in [0.15, 0.2) is 17.3 Å². The van der Waals surface area contributed by atoms with Crippen LogP contribution in [-0.4, -0.2) is 64.7 Å². The number of anilines is 2. The molecule has 0 aliphatic carbocycles. The zero-order chi connectivity index (χ0) is 23.9. The highest BCUT2D eigenvalue weighted by Crippen LogP contribution is 2.30. The van der Waals surface area contributed by atoms with Crippen LogP contribution in [0.3, 0.4) is 0 Å². The number of ether oxygens (including phenoxy) is 1. The molecule has 0 aromatic carbocycles. The molecule has 0 spiro atoms. The standard InChI is InChI=1S/C24H27N9O2/c1-3-10-32-23(34)17-14-25-24(26-19-9-11-30(2)29-19)28-22(17)33(32)20-5-4-6-21(27-20)35-18-15-31-12-7-16(18)8-13-31/h3-6,9,11,14,16,18H,1,7-8,10,12-13,15H2,2H3,(H,25,26,28,29)/t18-/m1/s1. The molecule has 1 atom stereocenters. The Hall–Kier alpha value is -3.99. The fraction of sp³-hybridized carbons (Fsp3) is 0.375. The summed E-state index contributed by atoms with van der Waals surface area (Å²) in [7, 11) is 1.83. The number of hydrogen-bond donors (Lipinski definition) is 1. The lowest BCUT2D eigenvalue weighted by Crippen LogP contribution is -2.52. The lowest BCUT2D eigenvalue weighted by molar-refractivity contribution is -0.00994. The van der Waals surface area contributed by atoms with Crippen molar-refractivity contribution < 1.29 is 4.74 Å². The number of rotatable bonds is 7. The van der Waals surface area contributed by atoms with Crippen molar-refractivity contribution in [2.24, 2.45) is 13.0 Å². The fourth-order valence-electron chi connectivity index (χ4n) is 4.99. The Balaban J connectivity index is 1.39. The molecule has 4 aromatic heterocycles. The van der Waals surface area contributed by atoms with Gasteiger partial charge >= 0.3 is 0 Å². The second-order valence-corrected chi connectivity index (χ2v) is 9.05. The van der Waals surface area contributed by atoms with Crippen LogP contribution in [0.15, 0.2) is 54.1 Å². The van der Waals surface area contributed by atoms with Gasteiger partial charge in [0.05, 0.1) is 6.54 Å². The summed E-state index contributed by atoms with van der Waals surface area (Å²) in [6.45, 7) is 7.34.